The predicted molar refractivity (Wildman–Crippen MR) is 140 cm³/mol. The zero-order valence-electron chi connectivity index (χ0n) is 20.2. The van der Waals surface area contributed by atoms with Crippen molar-refractivity contribution in [1.82, 2.24) is 14.9 Å². The maximum atomic E-state index is 13.0. The molecule has 4 fully saturated rings. The molecule has 2 aromatic heterocycles. The molecule has 1 amide bonds. The zero-order valence-corrected chi connectivity index (χ0v) is 20.9. The van der Waals surface area contributed by atoms with E-state index >= 15 is 0 Å². The number of aromatic nitrogens is 2. The van der Waals surface area contributed by atoms with Gasteiger partial charge in [-0.1, -0.05) is 29.8 Å². The minimum atomic E-state index is 0.233. The number of anilines is 1. The summed E-state index contributed by atoms with van der Waals surface area (Å²) in [5.41, 5.74) is 3.74. The van der Waals surface area contributed by atoms with Crippen molar-refractivity contribution in [2.45, 2.75) is 50.5 Å². The van der Waals surface area contributed by atoms with Crippen LogP contribution in [0.1, 0.15) is 55.7 Å². The molecule has 1 aromatic carbocycles. The number of piperazine rings is 1. The molecule has 7 rings (SSSR count). The third-order valence-corrected chi connectivity index (χ3v) is 8.44. The fourth-order valence-electron chi connectivity index (χ4n) is 5.83. The van der Waals surface area contributed by atoms with Crippen LogP contribution >= 0.6 is 11.6 Å². The number of rotatable bonds is 5. The van der Waals surface area contributed by atoms with Gasteiger partial charge in [-0.25, -0.2) is 9.97 Å². The summed E-state index contributed by atoms with van der Waals surface area (Å²) in [6, 6.07) is 12.8. The average Bonchev–Trinajstić information content (AvgIpc) is 3.76. The van der Waals surface area contributed by atoms with Crippen LogP contribution in [0.4, 0.5) is 5.82 Å². The summed E-state index contributed by atoms with van der Waals surface area (Å²) >= 11 is 6.27. The van der Waals surface area contributed by atoms with Gasteiger partial charge in [0.15, 0.2) is 0 Å². The molecular weight excluding hydrogens is 470 g/mol. The molecule has 3 aromatic rings. The summed E-state index contributed by atoms with van der Waals surface area (Å²) in [7, 11) is 0. The van der Waals surface area contributed by atoms with Crippen LogP contribution in [0, 0.1) is 23.2 Å². The zero-order chi connectivity index (χ0) is 24.4. The summed E-state index contributed by atoms with van der Waals surface area (Å²) < 4.78 is 0. The van der Waals surface area contributed by atoms with Crippen LogP contribution in [-0.2, 0) is 4.79 Å². The molecular formula is C29H28ClN5O. The molecule has 3 heterocycles. The number of pyridine rings is 2. The number of nitrogens with zero attached hydrogens (tertiary/aromatic N) is 5. The lowest BCUT2D eigenvalue weighted by molar-refractivity contribution is -0.135. The lowest BCUT2D eigenvalue weighted by atomic mass is 9.95. The van der Waals surface area contributed by atoms with E-state index in [-0.39, 0.29) is 12.0 Å². The number of benzene rings is 1. The number of hydrogen-bond donors (Lipinski definition) is 0. The summed E-state index contributed by atoms with van der Waals surface area (Å²) in [5.74, 6) is 2.37. The SMILES string of the molecule is N#Cc1cc(-c2cccc3cnc(Cl)cc23)c(C2CC2)nc1N1CCN(C(=O)C2CC2)C(C2CC2)C1. The number of hydrogen-bond acceptors (Lipinski definition) is 5. The first-order valence-corrected chi connectivity index (χ1v) is 13.5. The normalized spacial score (nSPS) is 22.1. The number of fused-ring (bicyclic) bond motifs is 1. The van der Waals surface area contributed by atoms with Gasteiger partial charge in [0.05, 0.1) is 17.3 Å². The molecule has 1 atom stereocenters. The topological polar surface area (TPSA) is 73.1 Å². The highest BCUT2D eigenvalue weighted by molar-refractivity contribution is 6.30. The predicted octanol–water partition coefficient (Wildman–Crippen LogP) is 5.54. The molecule has 1 aliphatic heterocycles. The highest BCUT2D eigenvalue weighted by atomic mass is 35.5. The monoisotopic (exact) mass is 497 g/mol. The third-order valence-electron chi connectivity index (χ3n) is 8.23. The van der Waals surface area contributed by atoms with Gasteiger partial charge < -0.3 is 9.80 Å². The Morgan fingerprint density at radius 1 is 1.06 bits per heavy atom. The Hall–Kier alpha value is -3.17. The van der Waals surface area contributed by atoms with Crippen molar-refractivity contribution in [2.24, 2.45) is 11.8 Å². The van der Waals surface area contributed by atoms with Gasteiger partial charge in [0.1, 0.15) is 17.0 Å². The standard InChI is InChI=1S/C29H28ClN5O/c30-26-13-23-20(15-32-26)2-1-3-22(23)24-12-21(14-31)28(33-27(24)18-6-7-18)34-10-11-35(29(36)19-8-9-19)25(16-34)17-4-5-17/h1-3,12-13,15,17-19,25H,4-11,16H2. The first kappa shape index (κ1) is 22.1. The van der Waals surface area contributed by atoms with Crippen molar-refractivity contribution < 1.29 is 4.79 Å². The van der Waals surface area contributed by atoms with Crippen LogP contribution in [-0.4, -0.2) is 46.5 Å². The highest BCUT2D eigenvalue weighted by Crippen LogP contribution is 2.47. The van der Waals surface area contributed by atoms with Gasteiger partial charge in [-0.3, -0.25) is 4.79 Å². The molecule has 36 heavy (non-hydrogen) atoms. The van der Waals surface area contributed by atoms with Crippen LogP contribution in [0.3, 0.4) is 0 Å². The van der Waals surface area contributed by atoms with Crippen LogP contribution in [0.2, 0.25) is 5.15 Å². The Morgan fingerprint density at radius 2 is 1.89 bits per heavy atom. The van der Waals surface area contributed by atoms with Crippen molar-refractivity contribution in [2.75, 3.05) is 24.5 Å². The Balaban J connectivity index is 1.29. The van der Waals surface area contributed by atoms with Gasteiger partial charge in [0.2, 0.25) is 5.91 Å². The third kappa shape index (κ3) is 3.90. The number of nitriles is 1. The quantitative estimate of drug-likeness (QED) is 0.433. The number of carbonyl (C=O) groups is 1. The molecule has 1 saturated heterocycles. The molecule has 3 saturated carbocycles. The van der Waals surface area contributed by atoms with E-state index in [1.807, 2.05) is 24.3 Å². The van der Waals surface area contributed by atoms with Crippen LogP contribution < -0.4 is 4.90 Å². The molecule has 0 bridgehead atoms. The molecule has 4 aliphatic rings. The van der Waals surface area contributed by atoms with Gasteiger partial charge >= 0.3 is 0 Å². The molecule has 182 valence electrons. The van der Waals surface area contributed by atoms with Gasteiger partial charge in [-0.2, -0.15) is 5.26 Å². The Kier molecular flexibility index (Phi) is 5.18. The van der Waals surface area contributed by atoms with Crippen molar-refractivity contribution in [3.05, 3.63) is 52.9 Å². The smallest absolute Gasteiger partial charge is 0.226 e. The fourth-order valence-corrected chi connectivity index (χ4v) is 5.99. The first-order chi connectivity index (χ1) is 17.6. The van der Waals surface area contributed by atoms with E-state index in [2.05, 4.69) is 26.9 Å². The van der Waals surface area contributed by atoms with E-state index in [1.54, 1.807) is 6.20 Å². The van der Waals surface area contributed by atoms with Crippen molar-refractivity contribution in [1.29, 1.82) is 5.26 Å². The number of amides is 1. The van der Waals surface area contributed by atoms with Crippen molar-refractivity contribution in [3.8, 4) is 17.2 Å². The fraction of sp³-hybridized carbons (Fsp3) is 0.448. The lowest BCUT2D eigenvalue weighted by Gasteiger charge is -2.43. The van der Waals surface area contributed by atoms with Gasteiger partial charge in [0, 0.05) is 48.6 Å². The highest BCUT2D eigenvalue weighted by Gasteiger charge is 2.45. The molecule has 7 heteroatoms. The molecule has 0 spiro atoms. The van der Waals surface area contributed by atoms with Crippen LogP contribution in [0.25, 0.3) is 21.9 Å². The molecule has 0 radical (unpaired) electrons. The van der Waals surface area contributed by atoms with Gasteiger partial charge in [-0.05, 0) is 67.5 Å². The van der Waals surface area contributed by atoms with E-state index in [1.165, 1.54) is 12.8 Å². The second-order valence-electron chi connectivity index (χ2n) is 10.9. The van der Waals surface area contributed by atoms with Gasteiger partial charge in [-0.15, -0.1) is 0 Å². The summed E-state index contributed by atoms with van der Waals surface area (Å²) in [4.78, 5) is 26.9. The molecule has 0 N–H and O–H groups in total. The van der Waals surface area contributed by atoms with Crippen LogP contribution in [0.15, 0.2) is 36.5 Å². The van der Waals surface area contributed by atoms with E-state index in [4.69, 9.17) is 16.6 Å². The van der Waals surface area contributed by atoms with Crippen molar-refractivity contribution in [3.63, 3.8) is 0 Å². The maximum Gasteiger partial charge on any atom is 0.226 e. The minimum Gasteiger partial charge on any atom is -0.352 e. The second kappa shape index (κ2) is 8.45. The van der Waals surface area contributed by atoms with E-state index in [0.29, 0.717) is 28.5 Å². The van der Waals surface area contributed by atoms with E-state index in [9.17, 15) is 10.1 Å². The van der Waals surface area contributed by atoms with Crippen LogP contribution in [0.5, 0.6) is 0 Å². The number of carbonyl (C=O) groups excluding carboxylic acids is 1. The minimum absolute atomic E-state index is 0.233. The lowest BCUT2D eigenvalue weighted by Crippen LogP contribution is -2.57. The second-order valence-corrected chi connectivity index (χ2v) is 11.3. The Bertz CT molecular complexity index is 1420. The summed E-state index contributed by atoms with van der Waals surface area (Å²) in [5, 5.41) is 12.7. The van der Waals surface area contributed by atoms with E-state index < -0.39 is 0 Å². The van der Waals surface area contributed by atoms with Crippen molar-refractivity contribution >= 4 is 34.1 Å². The molecule has 1 unspecified atom stereocenters. The van der Waals surface area contributed by atoms with E-state index in [0.717, 1.165) is 78.7 Å². The Morgan fingerprint density at radius 3 is 2.61 bits per heavy atom. The number of halogens is 1. The first-order valence-electron chi connectivity index (χ1n) is 13.2. The average molecular weight is 498 g/mol. The maximum absolute atomic E-state index is 13.0. The summed E-state index contributed by atoms with van der Waals surface area (Å²) in [6.07, 6.45) is 8.49. The van der Waals surface area contributed by atoms with Gasteiger partial charge in [0.25, 0.3) is 0 Å². The largest absolute Gasteiger partial charge is 0.352 e. The molecule has 6 nitrogen and oxygen atoms in total. The summed E-state index contributed by atoms with van der Waals surface area (Å²) in [6.45, 7) is 2.21. The molecule has 3 aliphatic carbocycles. The Labute approximate surface area is 215 Å².